The van der Waals surface area contributed by atoms with Crippen molar-refractivity contribution in [3.63, 3.8) is 0 Å². The lowest BCUT2D eigenvalue weighted by molar-refractivity contribution is 0.617. The van der Waals surface area contributed by atoms with Crippen molar-refractivity contribution in [3.8, 4) is 0 Å². The Hall–Kier alpha value is -3.51. The second kappa shape index (κ2) is 7.80. The number of azo groups is 1. The summed E-state index contributed by atoms with van der Waals surface area (Å²) in [5, 5.41) is 13.4. The van der Waals surface area contributed by atoms with E-state index in [9.17, 15) is 0 Å². The van der Waals surface area contributed by atoms with Crippen LogP contribution in [0.2, 0.25) is 5.02 Å². The van der Waals surface area contributed by atoms with E-state index in [0.717, 1.165) is 11.1 Å². The van der Waals surface area contributed by atoms with Crippen LogP contribution in [0.4, 0.5) is 11.7 Å². The normalized spacial score (nSPS) is 12.0. The van der Waals surface area contributed by atoms with Gasteiger partial charge in [0.1, 0.15) is 5.52 Å². The molecule has 0 saturated carbocycles. The van der Waals surface area contributed by atoms with Crippen molar-refractivity contribution in [1.29, 1.82) is 0 Å². The zero-order valence-electron chi connectivity index (χ0n) is 14.1. The Balaban J connectivity index is 1.62. The second-order valence-electron chi connectivity index (χ2n) is 5.58. The highest BCUT2D eigenvalue weighted by atomic mass is 35.5. The fourth-order valence-corrected chi connectivity index (χ4v) is 2.49. The summed E-state index contributed by atoms with van der Waals surface area (Å²) in [5.41, 5.74) is 5.72. The van der Waals surface area contributed by atoms with Gasteiger partial charge in [0.2, 0.25) is 5.84 Å². The number of oxazole rings is 1. The van der Waals surface area contributed by atoms with E-state index in [2.05, 4.69) is 25.7 Å². The number of aromatic nitrogens is 1. The quantitative estimate of drug-likeness (QED) is 0.204. The lowest BCUT2D eigenvalue weighted by Crippen LogP contribution is -2.01. The molecule has 27 heavy (non-hydrogen) atoms. The van der Waals surface area contributed by atoms with Gasteiger partial charge in [-0.2, -0.15) is 4.98 Å². The maximum absolute atomic E-state index is 5.90. The topological polar surface area (TPSA) is 75.1 Å². The highest BCUT2D eigenvalue weighted by Gasteiger charge is 2.06. The average molecular weight is 376 g/mol. The molecule has 0 unspecified atom stereocenters. The largest absolute Gasteiger partial charge is 0.422 e. The molecule has 0 aliphatic heterocycles. The number of hydrogen-bond donors (Lipinski definition) is 1. The maximum Gasteiger partial charge on any atom is 0.316 e. The van der Waals surface area contributed by atoms with Crippen molar-refractivity contribution in [1.82, 2.24) is 4.98 Å². The number of benzene rings is 3. The van der Waals surface area contributed by atoms with E-state index in [-0.39, 0.29) is 6.01 Å². The number of halogens is 1. The van der Waals surface area contributed by atoms with Gasteiger partial charge in [-0.05, 0) is 36.4 Å². The molecule has 7 heteroatoms. The first-order chi connectivity index (χ1) is 13.3. The maximum atomic E-state index is 5.90. The summed E-state index contributed by atoms with van der Waals surface area (Å²) >= 11 is 5.90. The average Bonchev–Trinajstić information content (AvgIpc) is 3.13. The number of rotatable bonds is 4. The number of hydrazone groups is 1. The van der Waals surface area contributed by atoms with Crippen LogP contribution in [0.25, 0.3) is 11.1 Å². The van der Waals surface area contributed by atoms with Crippen LogP contribution in [-0.4, -0.2) is 10.8 Å². The van der Waals surface area contributed by atoms with Crippen LogP contribution in [0.15, 0.2) is 98.6 Å². The monoisotopic (exact) mass is 375 g/mol. The first kappa shape index (κ1) is 16.9. The van der Waals surface area contributed by atoms with E-state index < -0.39 is 0 Å². The van der Waals surface area contributed by atoms with Gasteiger partial charge in [0, 0.05) is 10.6 Å². The standard InChI is InChI=1S/C20H14ClN5O/c21-15-10-12-16(13-11-15)23-24-19(14-6-2-1-3-7-14)25-26-20-22-17-8-4-5-9-18(17)27-20/h1-13H,(H,22,26)/b24-23+,25-19+. The van der Waals surface area contributed by atoms with Gasteiger partial charge in [-0.15, -0.1) is 15.3 Å². The molecule has 0 aliphatic carbocycles. The van der Waals surface area contributed by atoms with Gasteiger partial charge in [0.05, 0.1) is 5.69 Å². The smallest absolute Gasteiger partial charge is 0.316 e. The van der Waals surface area contributed by atoms with Gasteiger partial charge in [-0.25, -0.2) is 5.43 Å². The van der Waals surface area contributed by atoms with Gasteiger partial charge in [-0.1, -0.05) is 54.1 Å². The minimum absolute atomic E-state index is 0.284. The molecule has 1 N–H and O–H groups in total. The van der Waals surface area contributed by atoms with Crippen molar-refractivity contribution in [3.05, 3.63) is 89.4 Å². The van der Waals surface area contributed by atoms with Crippen LogP contribution in [0.3, 0.4) is 0 Å². The van der Waals surface area contributed by atoms with Crippen molar-refractivity contribution < 1.29 is 4.42 Å². The minimum Gasteiger partial charge on any atom is -0.422 e. The van der Waals surface area contributed by atoms with Crippen LogP contribution in [0.5, 0.6) is 0 Å². The minimum atomic E-state index is 0.284. The summed E-state index contributed by atoms with van der Waals surface area (Å²) in [6.07, 6.45) is 0. The van der Waals surface area contributed by atoms with Gasteiger partial charge in [-0.3, -0.25) is 0 Å². The van der Waals surface area contributed by atoms with Crippen LogP contribution in [0, 0.1) is 0 Å². The summed E-state index contributed by atoms with van der Waals surface area (Å²) < 4.78 is 5.61. The van der Waals surface area contributed by atoms with Crippen molar-refractivity contribution >= 4 is 40.2 Å². The Morgan fingerprint density at radius 3 is 2.41 bits per heavy atom. The molecule has 1 aromatic heterocycles. The Kier molecular flexibility index (Phi) is 4.89. The van der Waals surface area contributed by atoms with Crippen LogP contribution in [0.1, 0.15) is 5.56 Å². The molecule has 0 saturated heterocycles. The second-order valence-corrected chi connectivity index (χ2v) is 6.01. The molecule has 0 radical (unpaired) electrons. The van der Waals surface area contributed by atoms with E-state index in [1.54, 1.807) is 24.3 Å². The molecule has 4 aromatic rings. The van der Waals surface area contributed by atoms with Gasteiger partial charge < -0.3 is 4.42 Å². The van der Waals surface area contributed by atoms with Crippen molar-refractivity contribution in [2.75, 3.05) is 5.43 Å². The third-order valence-electron chi connectivity index (χ3n) is 3.67. The van der Waals surface area contributed by atoms with Crippen molar-refractivity contribution in [2.24, 2.45) is 15.3 Å². The predicted octanol–water partition coefficient (Wildman–Crippen LogP) is 6.04. The number of para-hydroxylation sites is 2. The molecule has 132 valence electrons. The van der Waals surface area contributed by atoms with Crippen LogP contribution >= 0.6 is 11.6 Å². The number of nitrogens with zero attached hydrogens (tertiary/aromatic N) is 4. The summed E-state index contributed by atoms with van der Waals surface area (Å²) in [6.45, 7) is 0. The fraction of sp³-hybridized carbons (Fsp3) is 0. The molecule has 0 atom stereocenters. The molecule has 0 amide bonds. The lowest BCUT2D eigenvalue weighted by atomic mass is 10.2. The Morgan fingerprint density at radius 2 is 1.63 bits per heavy atom. The highest BCUT2D eigenvalue weighted by Crippen LogP contribution is 2.19. The molecule has 0 aliphatic rings. The van der Waals surface area contributed by atoms with E-state index >= 15 is 0 Å². The first-order valence-corrected chi connectivity index (χ1v) is 8.58. The number of nitrogens with one attached hydrogen (secondary N) is 1. The summed E-state index contributed by atoms with van der Waals surface area (Å²) in [5.74, 6) is 0.396. The van der Waals surface area contributed by atoms with Crippen molar-refractivity contribution in [2.45, 2.75) is 0 Å². The Labute approximate surface area is 160 Å². The molecular weight excluding hydrogens is 362 g/mol. The lowest BCUT2D eigenvalue weighted by Gasteiger charge is -2.00. The molecule has 3 aromatic carbocycles. The third-order valence-corrected chi connectivity index (χ3v) is 3.92. The molecule has 1 heterocycles. The Morgan fingerprint density at radius 1 is 0.889 bits per heavy atom. The predicted molar refractivity (Wildman–Crippen MR) is 107 cm³/mol. The highest BCUT2D eigenvalue weighted by molar-refractivity contribution is 6.30. The van der Waals surface area contributed by atoms with E-state index in [1.165, 1.54) is 0 Å². The first-order valence-electron chi connectivity index (χ1n) is 8.20. The number of hydrogen-bond acceptors (Lipinski definition) is 5. The molecule has 0 bridgehead atoms. The molecular formula is C20H14ClN5O. The van der Waals surface area contributed by atoms with Gasteiger partial charge in [0.25, 0.3) is 0 Å². The van der Waals surface area contributed by atoms with E-state index in [0.29, 0.717) is 22.1 Å². The molecule has 4 rings (SSSR count). The zero-order valence-corrected chi connectivity index (χ0v) is 14.8. The number of fused-ring (bicyclic) bond motifs is 1. The fourth-order valence-electron chi connectivity index (χ4n) is 2.37. The summed E-state index contributed by atoms with van der Waals surface area (Å²) in [6, 6.07) is 24.4. The van der Waals surface area contributed by atoms with Crippen LogP contribution in [-0.2, 0) is 0 Å². The van der Waals surface area contributed by atoms with Gasteiger partial charge in [0.15, 0.2) is 5.58 Å². The molecule has 0 fully saturated rings. The van der Waals surface area contributed by atoms with E-state index in [1.807, 2.05) is 54.6 Å². The number of amidine groups is 1. The number of anilines is 1. The molecule has 0 spiro atoms. The SMILES string of the molecule is Clc1ccc(/N=N/C(=N/Nc2nc3ccccc3o2)c2ccccc2)cc1. The van der Waals surface area contributed by atoms with Gasteiger partial charge >= 0.3 is 6.01 Å². The zero-order chi connectivity index (χ0) is 18.5. The summed E-state index contributed by atoms with van der Waals surface area (Å²) in [7, 11) is 0. The summed E-state index contributed by atoms with van der Waals surface area (Å²) in [4.78, 5) is 4.33. The molecule has 6 nitrogen and oxygen atoms in total. The Bertz CT molecular complexity index is 1070. The third kappa shape index (κ3) is 4.19. The van der Waals surface area contributed by atoms with E-state index in [4.69, 9.17) is 16.0 Å². The van der Waals surface area contributed by atoms with Crippen LogP contribution < -0.4 is 5.43 Å².